The lowest BCUT2D eigenvalue weighted by molar-refractivity contribution is -0.119. The molecule has 0 aliphatic carbocycles. The Bertz CT molecular complexity index is 659. The topological polar surface area (TPSA) is 68.3 Å². The van der Waals surface area contributed by atoms with Gasteiger partial charge in [-0.25, -0.2) is 9.78 Å². The van der Waals surface area contributed by atoms with Gasteiger partial charge in [-0.15, -0.1) is 0 Å². The van der Waals surface area contributed by atoms with Crippen LogP contribution in [-0.4, -0.2) is 23.5 Å². The summed E-state index contributed by atoms with van der Waals surface area (Å²) in [5.41, 5.74) is 1.62. The maximum Gasteiger partial charge on any atom is 0.357 e. The van der Waals surface area contributed by atoms with Crippen LogP contribution in [0.2, 0.25) is 5.02 Å². The summed E-state index contributed by atoms with van der Waals surface area (Å²) in [5.74, 6) is -1.09. The summed E-state index contributed by atoms with van der Waals surface area (Å²) in [4.78, 5) is 27.1. The maximum absolute atomic E-state index is 11.7. The van der Waals surface area contributed by atoms with E-state index in [0.29, 0.717) is 10.7 Å². The van der Waals surface area contributed by atoms with Gasteiger partial charge in [-0.1, -0.05) is 23.7 Å². The Morgan fingerprint density at radius 2 is 2.10 bits per heavy atom. The molecule has 1 aromatic carbocycles. The highest BCUT2D eigenvalue weighted by Crippen LogP contribution is 2.19. The van der Waals surface area contributed by atoms with Crippen molar-refractivity contribution in [3.63, 3.8) is 0 Å². The number of hydrogen-bond acceptors (Lipinski definition) is 4. The third kappa shape index (κ3) is 4.29. The number of anilines is 1. The molecule has 0 atom stereocenters. The van der Waals surface area contributed by atoms with Gasteiger partial charge in [-0.3, -0.25) is 4.79 Å². The molecule has 0 aliphatic rings. The van der Waals surface area contributed by atoms with Gasteiger partial charge in [0.25, 0.3) is 5.91 Å². The molecule has 2 aromatic rings. The lowest BCUT2D eigenvalue weighted by Crippen LogP contribution is -2.21. The van der Waals surface area contributed by atoms with Crippen LogP contribution in [0.25, 0.3) is 0 Å². The summed E-state index contributed by atoms with van der Waals surface area (Å²) in [6.07, 6.45) is 1.48. The van der Waals surface area contributed by atoms with Crippen molar-refractivity contribution in [2.24, 2.45) is 0 Å². The zero-order valence-corrected chi connectivity index (χ0v) is 12.1. The molecule has 1 N–H and O–H groups in total. The van der Waals surface area contributed by atoms with Gasteiger partial charge < -0.3 is 10.1 Å². The van der Waals surface area contributed by atoms with E-state index in [0.717, 1.165) is 5.56 Å². The van der Waals surface area contributed by atoms with E-state index >= 15 is 0 Å². The van der Waals surface area contributed by atoms with E-state index < -0.39 is 11.9 Å². The van der Waals surface area contributed by atoms with E-state index in [-0.39, 0.29) is 12.3 Å². The van der Waals surface area contributed by atoms with Crippen molar-refractivity contribution >= 4 is 29.2 Å². The summed E-state index contributed by atoms with van der Waals surface area (Å²) in [7, 11) is 0. The van der Waals surface area contributed by atoms with Crippen LogP contribution in [0.15, 0.2) is 42.6 Å². The zero-order valence-electron chi connectivity index (χ0n) is 11.3. The van der Waals surface area contributed by atoms with Crippen molar-refractivity contribution in [2.45, 2.75) is 6.92 Å². The minimum absolute atomic E-state index is 0.156. The molecule has 1 heterocycles. The van der Waals surface area contributed by atoms with Crippen LogP contribution in [0, 0.1) is 6.92 Å². The van der Waals surface area contributed by atoms with Crippen LogP contribution in [-0.2, 0) is 9.53 Å². The molecular formula is C15H13ClN2O3. The zero-order chi connectivity index (χ0) is 15.2. The molecule has 21 heavy (non-hydrogen) atoms. The first-order chi connectivity index (χ1) is 10.1. The van der Waals surface area contributed by atoms with Crippen molar-refractivity contribution in [1.29, 1.82) is 0 Å². The maximum atomic E-state index is 11.7. The van der Waals surface area contributed by atoms with E-state index in [1.807, 2.05) is 6.92 Å². The summed E-state index contributed by atoms with van der Waals surface area (Å²) < 4.78 is 4.87. The van der Waals surface area contributed by atoms with Gasteiger partial charge in [0.05, 0.1) is 0 Å². The fourth-order valence-electron chi connectivity index (χ4n) is 1.56. The molecule has 0 fully saturated rings. The second kappa shape index (κ2) is 6.85. The Kier molecular flexibility index (Phi) is 4.90. The average molecular weight is 305 g/mol. The molecule has 1 aromatic heterocycles. The number of carbonyl (C=O) groups is 2. The predicted molar refractivity (Wildman–Crippen MR) is 79.3 cm³/mol. The Hall–Kier alpha value is -2.40. The molecule has 0 aliphatic heterocycles. The summed E-state index contributed by atoms with van der Waals surface area (Å²) >= 11 is 5.96. The summed E-state index contributed by atoms with van der Waals surface area (Å²) in [6, 6.07) is 10.0. The van der Waals surface area contributed by atoms with E-state index in [2.05, 4.69) is 10.3 Å². The molecule has 5 nitrogen and oxygen atoms in total. The van der Waals surface area contributed by atoms with E-state index in [1.54, 1.807) is 30.3 Å². The molecule has 0 unspecified atom stereocenters. The first kappa shape index (κ1) is 15.0. The van der Waals surface area contributed by atoms with Gasteiger partial charge in [0, 0.05) is 16.9 Å². The molecule has 0 saturated heterocycles. The SMILES string of the molecule is Cc1ccc(NC(=O)COC(=O)c2ccccn2)cc1Cl. The van der Waals surface area contributed by atoms with Crippen LogP contribution >= 0.6 is 11.6 Å². The molecule has 0 spiro atoms. The minimum Gasteiger partial charge on any atom is -0.451 e. The number of esters is 1. The second-order valence-electron chi connectivity index (χ2n) is 4.30. The fraction of sp³-hybridized carbons (Fsp3) is 0.133. The first-order valence-electron chi connectivity index (χ1n) is 6.20. The van der Waals surface area contributed by atoms with Crippen LogP contribution in [0.1, 0.15) is 16.1 Å². The third-order valence-electron chi connectivity index (χ3n) is 2.66. The van der Waals surface area contributed by atoms with Crippen LogP contribution in [0.3, 0.4) is 0 Å². The second-order valence-corrected chi connectivity index (χ2v) is 4.71. The lowest BCUT2D eigenvalue weighted by atomic mass is 10.2. The molecule has 6 heteroatoms. The number of aromatic nitrogens is 1. The minimum atomic E-state index is -0.646. The summed E-state index contributed by atoms with van der Waals surface area (Å²) in [6.45, 7) is 1.48. The number of nitrogens with zero attached hydrogens (tertiary/aromatic N) is 1. The van der Waals surface area contributed by atoms with Crippen molar-refractivity contribution < 1.29 is 14.3 Å². The quantitative estimate of drug-likeness (QED) is 0.882. The van der Waals surface area contributed by atoms with Gasteiger partial charge in [0.15, 0.2) is 6.61 Å². The number of rotatable bonds is 4. The van der Waals surface area contributed by atoms with Gasteiger partial charge in [-0.2, -0.15) is 0 Å². The van der Waals surface area contributed by atoms with Crippen molar-refractivity contribution in [3.05, 3.63) is 58.9 Å². The Balaban J connectivity index is 1.87. The highest BCUT2D eigenvalue weighted by Gasteiger charge is 2.11. The van der Waals surface area contributed by atoms with E-state index in [4.69, 9.17) is 16.3 Å². The molecule has 0 radical (unpaired) electrons. The number of amides is 1. The first-order valence-corrected chi connectivity index (χ1v) is 6.58. The van der Waals surface area contributed by atoms with Crippen molar-refractivity contribution in [2.75, 3.05) is 11.9 Å². The largest absolute Gasteiger partial charge is 0.451 e. The number of pyridine rings is 1. The number of carbonyl (C=O) groups excluding carboxylic acids is 2. The molecule has 0 saturated carbocycles. The molecule has 2 rings (SSSR count). The van der Waals surface area contributed by atoms with E-state index in [9.17, 15) is 9.59 Å². The number of halogens is 1. The number of ether oxygens (including phenoxy) is 1. The van der Waals surface area contributed by atoms with Gasteiger partial charge >= 0.3 is 5.97 Å². The predicted octanol–water partition coefficient (Wildman–Crippen LogP) is 2.84. The normalized spacial score (nSPS) is 10.0. The highest BCUT2D eigenvalue weighted by atomic mass is 35.5. The Morgan fingerprint density at radius 3 is 2.76 bits per heavy atom. The van der Waals surface area contributed by atoms with Crippen molar-refractivity contribution in [3.8, 4) is 0 Å². The molecule has 0 bridgehead atoms. The number of nitrogens with one attached hydrogen (secondary N) is 1. The Morgan fingerprint density at radius 1 is 1.29 bits per heavy atom. The standard InChI is InChI=1S/C15H13ClN2O3/c1-10-5-6-11(8-12(10)16)18-14(19)9-21-15(20)13-4-2-3-7-17-13/h2-8H,9H2,1H3,(H,18,19). The van der Waals surface area contributed by atoms with Crippen LogP contribution < -0.4 is 5.32 Å². The molecular weight excluding hydrogens is 292 g/mol. The van der Waals surface area contributed by atoms with E-state index in [1.165, 1.54) is 12.3 Å². The highest BCUT2D eigenvalue weighted by molar-refractivity contribution is 6.31. The van der Waals surface area contributed by atoms with Crippen molar-refractivity contribution in [1.82, 2.24) is 4.98 Å². The van der Waals surface area contributed by atoms with Crippen LogP contribution in [0.5, 0.6) is 0 Å². The number of hydrogen-bond donors (Lipinski definition) is 1. The third-order valence-corrected chi connectivity index (χ3v) is 3.07. The van der Waals surface area contributed by atoms with Gasteiger partial charge in [0.1, 0.15) is 5.69 Å². The smallest absolute Gasteiger partial charge is 0.357 e. The number of benzene rings is 1. The molecule has 108 valence electrons. The fourth-order valence-corrected chi connectivity index (χ4v) is 1.74. The van der Waals surface area contributed by atoms with Gasteiger partial charge in [-0.05, 0) is 36.8 Å². The van der Waals surface area contributed by atoms with Gasteiger partial charge in [0.2, 0.25) is 0 Å². The Labute approximate surface area is 126 Å². The average Bonchev–Trinajstić information content (AvgIpc) is 2.49. The number of aryl methyl sites for hydroxylation is 1. The molecule has 1 amide bonds. The monoisotopic (exact) mass is 304 g/mol. The van der Waals surface area contributed by atoms with Crippen LogP contribution in [0.4, 0.5) is 5.69 Å². The lowest BCUT2D eigenvalue weighted by Gasteiger charge is -2.07. The summed E-state index contributed by atoms with van der Waals surface area (Å²) in [5, 5.41) is 3.15.